The van der Waals surface area contributed by atoms with Gasteiger partial charge in [-0.15, -0.1) is 0 Å². The average molecular weight is 577 g/mol. The third-order valence-electron chi connectivity index (χ3n) is 4.00. The van der Waals surface area contributed by atoms with Crippen molar-refractivity contribution < 1.29 is 69.6 Å². The first-order valence-electron chi connectivity index (χ1n) is 8.98. The van der Waals surface area contributed by atoms with E-state index < -0.39 is 45.2 Å². The molecule has 0 aliphatic heterocycles. The van der Waals surface area contributed by atoms with Crippen LogP contribution in [0.5, 0.6) is 0 Å². The van der Waals surface area contributed by atoms with Gasteiger partial charge in [0, 0.05) is 85.3 Å². The molecule has 0 radical (unpaired) electrons. The Bertz CT molecular complexity index is 467. The monoisotopic (exact) mass is 576 g/mol. The maximum atomic E-state index is 5.99. The van der Waals surface area contributed by atoms with Crippen molar-refractivity contribution in [2.24, 2.45) is 0 Å². The molecule has 0 spiro atoms. The molecule has 0 aliphatic carbocycles. The van der Waals surface area contributed by atoms with E-state index in [2.05, 4.69) is 0 Å². The Labute approximate surface area is 200 Å². The standard InChI is InChI=1S/C12H36O16Si5/c1-13-29(14-2,15-3)25-31(19-7,20-8)27-33(23-11,24-12)28-32(21-9,22-10)26-30(16-4,17-5)18-6/h1-12H3. The molecule has 0 unspecified atom stereocenters. The van der Waals surface area contributed by atoms with E-state index >= 15 is 0 Å². The molecule has 0 saturated carbocycles. The van der Waals surface area contributed by atoms with Gasteiger partial charge in [-0.05, 0) is 0 Å². The van der Waals surface area contributed by atoms with Gasteiger partial charge in [0.05, 0.1) is 0 Å². The highest BCUT2D eigenvalue weighted by Gasteiger charge is 2.69. The van der Waals surface area contributed by atoms with Crippen molar-refractivity contribution in [2.45, 2.75) is 0 Å². The van der Waals surface area contributed by atoms with Crippen molar-refractivity contribution in [3.05, 3.63) is 0 Å². The molecule has 0 bridgehead atoms. The second kappa shape index (κ2) is 14.9. The van der Waals surface area contributed by atoms with Crippen molar-refractivity contribution in [3.63, 3.8) is 0 Å². The van der Waals surface area contributed by atoms with Gasteiger partial charge in [-0.2, -0.15) is 0 Å². The van der Waals surface area contributed by atoms with Crippen LogP contribution in [-0.4, -0.2) is 131 Å². The normalized spacial score (nSPS) is 14.2. The lowest BCUT2D eigenvalue weighted by atomic mass is 11.8. The fourth-order valence-corrected chi connectivity index (χ4v) is 16.2. The summed E-state index contributed by atoms with van der Waals surface area (Å²) < 4.78 is 88.1. The Hall–Kier alpha value is 0.444. The number of rotatable bonds is 20. The topological polar surface area (TPSA) is 148 Å². The van der Waals surface area contributed by atoms with Crippen LogP contribution in [0.25, 0.3) is 0 Å². The summed E-state index contributed by atoms with van der Waals surface area (Å²) in [6, 6.07) is 0. The fourth-order valence-electron chi connectivity index (χ4n) is 2.17. The number of hydrogen-bond donors (Lipinski definition) is 0. The van der Waals surface area contributed by atoms with Gasteiger partial charge in [0.1, 0.15) is 0 Å². The lowest BCUT2D eigenvalue weighted by molar-refractivity contribution is -0.0634. The van der Waals surface area contributed by atoms with E-state index in [4.69, 9.17) is 69.6 Å². The van der Waals surface area contributed by atoms with Crippen LogP contribution in [0.4, 0.5) is 0 Å². The molecular formula is C12H36O16Si5. The number of hydrogen-bond acceptors (Lipinski definition) is 16. The van der Waals surface area contributed by atoms with Gasteiger partial charge in [-0.3, -0.25) is 0 Å². The highest BCUT2D eigenvalue weighted by Crippen LogP contribution is 2.29. The van der Waals surface area contributed by atoms with E-state index in [-0.39, 0.29) is 0 Å². The lowest BCUT2D eigenvalue weighted by Crippen LogP contribution is -2.70. The van der Waals surface area contributed by atoms with Gasteiger partial charge in [0.25, 0.3) is 0 Å². The van der Waals surface area contributed by atoms with E-state index in [9.17, 15) is 0 Å². The molecule has 0 saturated heterocycles. The quantitative estimate of drug-likeness (QED) is 0.163. The summed E-state index contributed by atoms with van der Waals surface area (Å²) in [5, 5.41) is 0. The summed E-state index contributed by atoms with van der Waals surface area (Å²) in [4.78, 5) is 0. The summed E-state index contributed by atoms with van der Waals surface area (Å²) in [5.41, 5.74) is 0. The Morgan fingerprint density at radius 1 is 0.212 bits per heavy atom. The van der Waals surface area contributed by atoms with Crippen molar-refractivity contribution >= 4 is 45.2 Å². The maximum absolute atomic E-state index is 5.99. The summed E-state index contributed by atoms with van der Waals surface area (Å²) in [7, 11) is -4.61. The van der Waals surface area contributed by atoms with Gasteiger partial charge < -0.3 is 69.6 Å². The molecule has 33 heavy (non-hydrogen) atoms. The molecule has 16 nitrogen and oxygen atoms in total. The minimum atomic E-state index is -4.29. The Kier molecular flexibility index (Phi) is 15.1. The van der Waals surface area contributed by atoms with E-state index in [1.165, 1.54) is 85.3 Å². The molecule has 0 rings (SSSR count). The Morgan fingerprint density at radius 3 is 0.455 bits per heavy atom. The Morgan fingerprint density at radius 2 is 0.333 bits per heavy atom. The van der Waals surface area contributed by atoms with Crippen LogP contribution in [0, 0.1) is 0 Å². The molecule has 0 amide bonds. The predicted molar refractivity (Wildman–Crippen MR) is 117 cm³/mol. The van der Waals surface area contributed by atoms with Gasteiger partial charge in [0.2, 0.25) is 0 Å². The lowest BCUT2D eigenvalue weighted by Gasteiger charge is -2.39. The van der Waals surface area contributed by atoms with Crippen LogP contribution in [-0.2, 0) is 69.6 Å². The van der Waals surface area contributed by atoms with Crippen LogP contribution in [0.2, 0.25) is 0 Å². The highest BCUT2D eigenvalue weighted by atomic mass is 28.5. The van der Waals surface area contributed by atoms with E-state index in [0.29, 0.717) is 0 Å². The predicted octanol–water partition coefficient (Wildman–Crippen LogP) is -1.01. The van der Waals surface area contributed by atoms with Crippen molar-refractivity contribution in [2.75, 3.05) is 85.3 Å². The summed E-state index contributed by atoms with van der Waals surface area (Å²) in [6.45, 7) is 0. The first-order chi connectivity index (χ1) is 15.6. The zero-order valence-corrected chi connectivity index (χ0v) is 26.0. The molecule has 0 aromatic carbocycles. The van der Waals surface area contributed by atoms with Crippen molar-refractivity contribution in [1.29, 1.82) is 0 Å². The third-order valence-corrected chi connectivity index (χ3v) is 18.0. The molecule has 0 fully saturated rings. The smallest absolute Gasteiger partial charge is 0.355 e. The molecule has 0 aromatic heterocycles. The maximum Gasteiger partial charge on any atom is 0.673 e. The van der Waals surface area contributed by atoms with Crippen molar-refractivity contribution in [1.82, 2.24) is 0 Å². The van der Waals surface area contributed by atoms with Crippen LogP contribution in [0.3, 0.4) is 0 Å². The first kappa shape index (κ1) is 33.4. The van der Waals surface area contributed by atoms with E-state index in [1.54, 1.807) is 0 Å². The van der Waals surface area contributed by atoms with E-state index in [0.717, 1.165) is 0 Å². The second-order valence-corrected chi connectivity index (χ2v) is 18.5. The molecule has 0 atom stereocenters. The molecule has 0 heterocycles. The molecule has 0 N–H and O–H groups in total. The van der Waals surface area contributed by atoms with Gasteiger partial charge in [-0.1, -0.05) is 0 Å². The minimum absolute atomic E-state index is 1.26. The summed E-state index contributed by atoms with van der Waals surface area (Å²) >= 11 is 0. The molecule has 200 valence electrons. The molecule has 0 aliphatic rings. The van der Waals surface area contributed by atoms with Gasteiger partial charge in [-0.25, -0.2) is 0 Å². The SMILES string of the molecule is CO[Si](OC)(OC)O[Si](OC)(OC)O[Si](OC)(OC)O[Si](OC)(OC)O[Si](OC)(OC)OC. The van der Waals surface area contributed by atoms with Crippen LogP contribution in [0.1, 0.15) is 0 Å². The van der Waals surface area contributed by atoms with E-state index in [1.807, 2.05) is 0 Å². The molecule has 21 heteroatoms. The summed E-state index contributed by atoms with van der Waals surface area (Å²) in [5.74, 6) is 0. The third kappa shape index (κ3) is 8.23. The molecule has 0 aromatic rings. The van der Waals surface area contributed by atoms with Gasteiger partial charge >= 0.3 is 45.2 Å². The first-order valence-corrected chi connectivity index (χ1v) is 17.1. The highest BCUT2D eigenvalue weighted by molar-refractivity contribution is 6.79. The largest absolute Gasteiger partial charge is 0.673 e. The average Bonchev–Trinajstić information content (AvgIpc) is 2.89. The van der Waals surface area contributed by atoms with Crippen LogP contribution >= 0.6 is 0 Å². The minimum Gasteiger partial charge on any atom is -0.355 e. The fraction of sp³-hybridized carbons (Fsp3) is 1.00. The zero-order valence-electron chi connectivity index (χ0n) is 21.0. The summed E-state index contributed by atoms with van der Waals surface area (Å²) in [6.07, 6.45) is 0. The zero-order chi connectivity index (χ0) is 25.8. The van der Waals surface area contributed by atoms with Gasteiger partial charge in [0.15, 0.2) is 0 Å². The van der Waals surface area contributed by atoms with Crippen LogP contribution < -0.4 is 0 Å². The Balaban J connectivity index is 6.32. The second-order valence-electron chi connectivity index (χ2n) is 5.36. The molecular weight excluding hydrogens is 541 g/mol. The van der Waals surface area contributed by atoms with Crippen LogP contribution in [0.15, 0.2) is 0 Å². The van der Waals surface area contributed by atoms with Crippen molar-refractivity contribution in [3.8, 4) is 0 Å².